The molecule has 6 N–H and O–H groups in total. The molecule has 3 aromatic carbocycles. The van der Waals surface area contributed by atoms with Crippen LogP contribution in [0.25, 0.3) is 0 Å². The van der Waals surface area contributed by atoms with Crippen molar-refractivity contribution in [1.82, 2.24) is 14.8 Å². The lowest BCUT2D eigenvalue weighted by molar-refractivity contribution is -0.159. The lowest BCUT2D eigenvalue weighted by Gasteiger charge is -2.43. The van der Waals surface area contributed by atoms with E-state index < -0.39 is 31.0 Å². The first kappa shape index (κ1) is 40.4. The predicted molar refractivity (Wildman–Crippen MR) is 209 cm³/mol. The van der Waals surface area contributed by atoms with Gasteiger partial charge in [0.05, 0.1) is 37.8 Å². The number of benzene rings is 3. The SMILES string of the molecule is COc1ccc(COC(=O)[C@H]2CCCC[C@H]2C(=O)N2CCc3c(B(O)O)ccc(OC/C(N)=C/N(N)C(C)C)c3[C@H]2CN2Cc3ccccc3C2=O)c(OC)c1. The second kappa shape index (κ2) is 17.7. The normalized spacial score (nSPS) is 19.3. The summed E-state index contributed by atoms with van der Waals surface area (Å²) in [6.07, 6.45) is 4.37. The molecule has 6 rings (SSSR count). The summed E-state index contributed by atoms with van der Waals surface area (Å²) in [5.41, 5.74) is 10.3. The number of amides is 2. The van der Waals surface area contributed by atoms with Gasteiger partial charge in [0.1, 0.15) is 30.5 Å². The Kier molecular flexibility index (Phi) is 12.8. The first-order valence-electron chi connectivity index (χ1n) is 19.1. The second-order valence-electron chi connectivity index (χ2n) is 14.9. The van der Waals surface area contributed by atoms with Gasteiger partial charge in [-0.3, -0.25) is 14.4 Å². The number of carbonyl (C=O) groups excluding carboxylic acids is 3. The first-order valence-corrected chi connectivity index (χ1v) is 19.1. The molecule has 0 spiro atoms. The van der Waals surface area contributed by atoms with Crippen molar-refractivity contribution < 1.29 is 43.4 Å². The second-order valence-corrected chi connectivity index (χ2v) is 14.9. The fourth-order valence-corrected chi connectivity index (χ4v) is 8.03. The van der Waals surface area contributed by atoms with Crippen LogP contribution in [0, 0.1) is 11.8 Å². The molecule has 1 saturated carbocycles. The molecule has 14 nitrogen and oxygen atoms in total. The molecule has 15 heteroatoms. The van der Waals surface area contributed by atoms with Crippen LogP contribution in [0.3, 0.4) is 0 Å². The van der Waals surface area contributed by atoms with Gasteiger partial charge in [-0.15, -0.1) is 0 Å². The van der Waals surface area contributed by atoms with E-state index in [4.69, 9.17) is 30.5 Å². The predicted octanol–water partition coefficient (Wildman–Crippen LogP) is 2.78. The largest absolute Gasteiger partial charge is 0.497 e. The van der Waals surface area contributed by atoms with Crippen LogP contribution in [0.2, 0.25) is 0 Å². The Balaban J connectivity index is 1.33. The molecule has 3 aliphatic rings. The summed E-state index contributed by atoms with van der Waals surface area (Å²) >= 11 is 0. The number of nitrogens with two attached hydrogens (primary N) is 2. The number of nitrogens with zero attached hydrogens (tertiary/aromatic N) is 3. The number of ether oxygens (including phenoxy) is 4. The average molecular weight is 770 g/mol. The van der Waals surface area contributed by atoms with Gasteiger partial charge in [0, 0.05) is 54.6 Å². The summed E-state index contributed by atoms with van der Waals surface area (Å²) in [6.45, 7) is 4.41. The van der Waals surface area contributed by atoms with Crippen LogP contribution in [0.1, 0.15) is 78.2 Å². The highest BCUT2D eigenvalue weighted by Crippen LogP contribution is 2.42. The Morgan fingerprint density at radius 2 is 1.77 bits per heavy atom. The van der Waals surface area contributed by atoms with Crippen LogP contribution in [-0.4, -0.2) is 89.7 Å². The van der Waals surface area contributed by atoms with Gasteiger partial charge in [-0.1, -0.05) is 37.1 Å². The van der Waals surface area contributed by atoms with Crippen molar-refractivity contribution in [2.24, 2.45) is 23.4 Å². The van der Waals surface area contributed by atoms with Crippen LogP contribution in [0.5, 0.6) is 17.2 Å². The zero-order valence-electron chi connectivity index (χ0n) is 32.5. The fourth-order valence-electron chi connectivity index (χ4n) is 8.03. The van der Waals surface area contributed by atoms with Gasteiger partial charge >= 0.3 is 13.1 Å². The Labute approximate surface area is 328 Å². The van der Waals surface area contributed by atoms with E-state index in [1.165, 1.54) is 12.1 Å². The Morgan fingerprint density at radius 1 is 1.02 bits per heavy atom. The highest BCUT2D eigenvalue weighted by molar-refractivity contribution is 6.59. The van der Waals surface area contributed by atoms with E-state index in [-0.39, 0.29) is 56.0 Å². The van der Waals surface area contributed by atoms with Crippen LogP contribution in [0.4, 0.5) is 0 Å². The number of fused-ring (bicyclic) bond motifs is 2. The smallest absolute Gasteiger partial charge is 0.488 e. The summed E-state index contributed by atoms with van der Waals surface area (Å²) in [6, 6.07) is 15.1. The number of rotatable bonds is 14. The van der Waals surface area contributed by atoms with Gasteiger partial charge in [-0.25, -0.2) is 5.84 Å². The molecule has 1 aliphatic carbocycles. The molecule has 3 aromatic rings. The van der Waals surface area contributed by atoms with Crippen molar-refractivity contribution in [3.8, 4) is 17.2 Å². The Hall–Kier alpha value is -5.25. The molecule has 2 heterocycles. The summed E-state index contributed by atoms with van der Waals surface area (Å²) in [7, 11) is 1.30. The zero-order valence-corrected chi connectivity index (χ0v) is 32.5. The molecule has 0 unspecified atom stereocenters. The first-order chi connectivity index (χ1) is 26.9. The minimum absolute atomic E-state index is 0.0103. The van der Waals surface area contributed by atoms with E-state index in [1.807, 2.05) is 32.0 Å². The van der Waals surface area contributed by atoms with E-state index in [1.54, 1.807) is 59.5 Å². The maximum Gasteiger partial charge on any atom is 0.488 e. The molecular weight excluding hydrogens is 717 g/mol. The number of hydrogen-bond donors (Lipinski definition) is 4. The number of hydrogen-bond acceptors (Lipinski definition) is 12. The van der Waals surface area contributed by atoms with Crippen molar-refractivity contribution in [2.45, 2.75) is 71.2 Å². The van der Waals surface area contributed by atoms with Crippen molar-refractivity contribution >= 4 is 30.4 Å². The highest BCUT2D eigenvalue weighted by atomic mass is 16.5. The van der Waals surface area contributed by atoms with Crippen molar-refractivity contribution in [3.63, 3.8) is 0 Å². The van der Waals surface area contributed by atoms with Gasteiger partial charge < -0.3 is 49.5 Å². The zero-order chi connectivity index (χ0) is 40.1. The van der Waals surface area contributed by atoms with Gasteiger partial charge in [0.25, 0.3) is 5.91 Å². The van der Waals surface area contributed by atoms with Gasteiger partial charge in [0.15, 0.2) is 0 Å². The molecule has 2 amide bonds. The van der Waals surface area contributed by atoms with Crippen molar-refractivity contribution in [1.29, 1.82) is 0 Å². The molecule has 298 valence electrons. The Morgan fingerprint density at radius 3 is 2.46 bits per heavy atom. The minimum Gasteiger partial charge on any atom is -0.497 e. The summed E-state index contributed by atoms with van der Waals surface area (Å²) in [5, 5.41) is 22.5. The third-order valence-electron chi connectivity index (χ3n) is 11.1. The molecule has 0 bridgehead atoms. The topological polar surface area (TPSA) is 190 Å². The van der Waals surface area contributed by atoms with Crippen LogP contribution >= 0.6 is 0 Å². The Bertz CT molecular complexity index is 1960. The van der Waals surface area contributed by atoms with E-state index >= 15 is 0 Å². The molecule has 0 radical (unpaired) electrons. The molecule has 2 aliphatic heterocycles. The van der Waals surface area contributed by atoms with E-state index in [9.17, 15) is 24.4 Å². The number of esters is 1. The molecular formula is C41H52BN5O9. The lowest BCUT2D eigenvalue weighted by Crippen LogP contribution is -2.51. The van der Waals surface area contributed by atoms with Crippen molar-refractivity contribution in [2.75, 3.05) is 33.9 Å². The van der Waals surface area contributed by atoms with Gasteiger partial charge in [-0.2, -0.15) is 0 Å². The third kappa shape index (κ3) is 8.59. The summed E-state index contributed by atoms with van der Waals surface area (Å²) in [5.74, 6) is 5.36. The molecule has 0 aromatic heterocycles. The standard InChI is InChI=1S/C41H52BN5O9/c1-25(2)47(44)21-28(43)24-55-36-16-15-34(42(51)52)33-17-18-46(35(38(33)36)22-45-20-26-9-5-6-10-30(26)39(45)48)40(49)31-11-7-8-12-32(31)41(50)56-23-27-13-14-29(53-3)19-37(27)54-4/h5-6,9-10,13-16,19,21,25,31-32,35,51-52H,7-8,11-12,17-18,20,22-24,43-44H2,1-4H3/b28-21-/t31-,32+,35-/m1/s1. The van der Waals surface area contributed by atoms with Crippen molar-refractivity contribution in [3.05, 3.63) is 94.3 Å². The van der Waals surface area contributed by atoms with Crippen LogP contribution < -0.4 is 31.2 Å². The van der Waals surface area contributed by atoms with E-state index in [0.29, 0.717) is 64.6 Å². The van der Waals surface area contributed by atoms with Gasteiger partial charge in [0.2, 0.25) is 5.91 Å². The quantitative estimate of drug-likeness (QED) is 0.0814. The lowest BCUT2D eigenvalue weighted by atomic mass is 9.72. The summed E-state index contributed by atoms with van der Waals surface area (Å²) < 4.78 is 23.0. The maximum absolute atomic E-state index is 15.0. The monoisotopic (exact) mass is 769 g/mol. The summed E-state index contributed by atoms with van der Waals surface area (Å²) in [4.78, 5) is 46.1. The number of carbonyl (C=O) groups is 3. The molecule has 56 heavy (non-hydrogen) atoms. The molecule has 0 saturated heterocycles. The number of hydrazine groups is 1. The molecule has 1 fully saturated rings. The van der Waals surface area contributed by atoms with E-state index in [0.717, 1.165) is 18.4 Å². The highest BCUT2D eigenvalue weighted by Gasteiger charge is 2.45. The van der Waals surface area contributed by atoms with E-state index in [2.05, 4.69) is 0 Å². The minimum atomic E-state index is -1.79. The molecule has 3 atom stereocenters. The van der Waals surface area contributed by atoms with Gasteiger partial charge in [-0.05, 0) is 74.0 Å². The van der Waals surface area contributed by atoms with Crippen LogP contribution in [-0.2, 0) is 33.9 Å². The number of methoxy groups -OCH3 is 2. The van der Waals surface area contributed by atoms with Crippen LogP contribution in [0.15, 0.2) is 66.5 Å². The maximum atomic E-state index is 15.0. The average Bonchev–Trinajstić information content (AvgIpc) is 3.52. The third-order valence-corrected chi connectivity index (χ3v) is 11.1. The fraction of sp³-hybridized carbons (Fsp3) is 0.439.